The fourth-order valence-electron chi connectivity index (χ4n) is 3.28. The molecule has 0 aromatic heterocycles. The molecule has 0 saturated heterocycles. The summed E-state index contributed by atoms with van der Waals surface area (Å²) >= 11 is 0. The van der Waals surface area contributed by atoms with Crippen molar-refractivity contribution < 1.29 is 17.9 Å². The third-order valence-corrected chi connectivity index (χ3v) is 6.17. The Kier molecular flexibility index (Phi) is 7.67. The topological polar surface area (TPSA) is 75.7 Å². The van der Waals surface area contributed by atoms with Crippen molar-refractivity contribution in [3.05, 3.63) is 59.2 Å². The number of nitrogens with one attached hydrogen (secondary N) is 1. The first-order chi connectivity index (χ1) is 13.7. The van der Waals surface area contributed by atoms with Gasteiger partial charge in [0, 0.05) is 6.54 Å². The summed E-state index contributed by atoms with van der Waals surface area (Å²) in [5.41, 5.74) is 3.85. The molecule has 0 fully saturated rings. The molecule has 1 N–H and O–H groups in total. The van der Waals surface area contributed by atoms with Gasteiger partial charge in [0.2, 0.25) is 15.9 Å². The van der Waals surface area contributed by atoms with E-state index in [1.54, 1.807) is 31.2 Å². The van der Waals surface area contributed by atoms with E-state index in [0.717, 1.165) is 29.0 Å². The first-order valence-corrected chi connectivity index (χ1v) is 11.6. The number of benzene rings is 2. The first kappa shape index (κ1) is 22.7. The van der Waals surface area contributed by atoms with Crippen molar-refractivity contribution in [1.82, 2.24) is 5.32 Å². The molecule has 0 radical (unpaired) electrons. The monoisotopic (exact) mass is 418 g/mol. The molecule has 0 aliphatic rings. The molecule has 0 aliphatic carbocycles. The van der Waals surface area contributed by atoms with Gasteiger partial charge in [-0.05, 0) is 60.7 Å². The summed E-state index contributed by atoms with van der Waals surface area (Å²) in [5, 5.41) is 2.90. The van der Waals surface area contributed by atoms with Crippen LogP contribution in [0.25, 0.3) is 0 Å². The van der Waals surface area contributed by atoms with Crippen molar-refractivity contribution in [3.8, 4) is 5.75 Å². The fourth-order valence-corrected chi connectivity index (χ4v) is 4.45. The highest BCUT2D eigenvalue weighted by atomic mass is 32.2. The van der Waals surface area contributed by atoms with E-state index in [1.807, 2.05) is 0 Å². The molecule has 2 aromatic rings. The Labute approximate surface area is 173 Å². The largest absolute Gasteiger partial charge is 0.497 e. The highest BCUT2D eigenvalue weighted by Crippen LogP contribution is 2.24. The third-order valence-electron chi connectivity index (χ3n) is 4.93. The average Bonchev–Trinajstić information content (AvgIpc) is 2.71. The van der Waals surface area contributed by atoms with Gasteiger partial charge in [-0.2, -0.15) is 0 Å². The number of hydrogen-bond donors (Lipinski definition) is 1. The van der Waals surface area contributed by atoms with Crippen LogP contribution in [0, 0.1) is 0 Å². The summed E-state index contributed by atoms with van der Waals surface area (Å²) in [4.78, 5) is 12.8. The van der Waals surface area contributed by atoms with Gasteiger partial charge in [0.15, 0.2) is 0 Å². The zero-order chi connectivity index (χ0) is 21.6. The van der Waals surface area contributed by atoms with Crippen molar-refractivity contribution in [2.45, 2.75) is 46.2 Å². The molecular formula is C22H30N2O4S. The van der Waals surface area contributed by atoms with Crippen LogP contribution in [0.15, 0.2) is 42.5 Å². The van der Waals surface area contributed by atoms with E-state index in [9.17, 15) is 13.2 Å². The zero-order valence-electron chi connectivity index (χ0n) is 17.7. The maximum absolute atomic E-state index is 12.8. The summed E-state index contributed by atoms with van der Waals surface area (Å²) in [6.45, 7) is 6.11. The van der Waals surface area contributed by atoms with Gasteiger partial charge in [0.05, 0.1) is 19.1 Å². The molecule has 1 amide bonds. The van der Waals surface area contributed by atoms with Crippen molar-refractivity contribution >= 4 is 21.6 Å². The molecule has 0 unspecified atom stereocenters. The van der Waals surface area contributed by atoms with Gasteiger partial charge in [-0.25, -0.2) is 8.42 Å². The maximum Gasteiger partial charge on any atom is 0.243 e. The van der Waals surface area contributed by atoms with Crippen LogP contribution in [-0.2, 0) is 34.2 Å². The van der Waals surface area contributed by atoms with E-state index in [2.05, 4.69) is 37.4 Å². The fraction of sp³-hybridized carbons (Fsp3) is 0.409. The van der Waals surface area contributed by atoms with E-state index in [-0.39, 0.29) is 5.91 Å². The van der Waals surface area contributed by atoms with Crippen LogP contribution in [0.1, 0.15) is 37.5 Å². The number of nitrogens with zero attached hydrogens (tertiary/aromatic N) is 1. The van der Waals surface area contributed by atoms with Gasteiger partial charge in [0.1, 0.15) is 11.8 Å². The summed E-state index contributed by atoms with van der Waals surface area (Å²) in [6, 6.07) is 12.0. The van der Waals surface area contributed by atoms with Crippen LogP contribution in [0.5, 0.6) is 5.75 Å². The Hall–Kier alpha value is -2.54. The molecule has 6 nitrogen and oxygen atoms in total. The summed E-state index contributed by atoms with van der Waals surface area (Å²) in [6.07, 6.45) is 2.88. The second kappa shape index (κ2) is 9.78. The Bertz CT molecular complexity index is 940. The zero-order valence-corrected chi connectivity index (χ0v) is 18.5. The Balaban J connectivity index is 2.21. The number of rotatable bonds is 9. The number of methoxy groups -OCH3 is 1. The molecule has 0 bridgehead atoms. The summed E-state index contributed by atoms with van der Waals surface area (Å²) in [7, 11) is -2.12. The second-order valence-electron chi connectivity index (χ2n) is 6.96. The molecular weight excluding hydrogens is 388 g/mol. The van der Waals surface area contributed by atoms with Crippen LogP contribution in [0.2, 0.25) is 0 Å². The normalized spacial score (nSPS) is 12.3. The predicted molar refractivity (Wildman–Crippen MR) is 117 cm³/mol. The lowest BCUT2D eigenvalue weighted by Crippen LogP contribution is -2.47. The van der Waals surface area contributed by atoms with Crippen molar-refractivity contribution in [2.75, 3.05) is 17.7 Å². The standard InChI is InChI=1S/C22H30N2O4S/c1-6-17-8-9-18(7-2)19(14-17)15-23-22(25)16(3)24(29(5,26)27)20-10-12-21(28-4)13-11-20/h8-14,16H,6-7,15H2,1-5H3,(H,23,25)/t16-/m1/s1. The van der Waals surface area contributed by atoms with Gasteiger partial charge in [-0.1, -0.05) is 32.0 Å². The highest BCUT2D eigenvalue weighted by Gasteiger charge is 2.29. The number of ether oxygens (including phenoxy) is 1. The lowest BCUT2D eigenvalue weighted by atomic mass is 10.0. The van der Waals surface area contributed by atoms with E-state index in [0.29, 0.717) is 18.0 Å². The number of carbonyl (C=O) groups excluding carboxylic acids is 1. The van der Waals surface area contributed by atoms with E-state index in [4.69, 9.17) is 4.74 Å². The number of anilines is 1. The number of amides is 1. The van der Waals surface area contributed by atoms with Gasteiger partial charge >= 0.3 is 0 Å². The third kappa shape index (κ3) is 5.73. The van der Waals surface area contributed by atoms with Crippen LogP contribution in [-0.4, -0.2) is 33.7 Å². The van der Waals surface area contributed by atoms with Crippen LogP contribution < -0.4 is 14.4 Å². The maximum atomic E-state index is 12.8. The Morgan fingerprint density at radius 3 is 2.24 bits per heavy atom. The predicted octanol–water partition coefficient (Wildman–Crippen LogP) is 3.29. The lowest BCUT2D eigenvalue weighted by Gasteiger charge is -2.28. The molecule has 0 spiro atoms. The Morgan fingerprint density at radius 1 is 1.07 bits per heavy atom. The van der Waals surface area contributed by atoms with Crippen molar-refractivity contribution in [3.63, 3.8) is 0 Å². The summed E-state index contributed by atoms with van der Waals surface area (Å²) in [5.74, 6) is 0.261. The number of carbonyl (C=O) groups is 1. The van der Waals surface area contributed by atoms with Gasteiger partial charge in [-0.3, -0.25) is 9.10 Å². The molecule has 29 heavy (non-hydrogen) atoms. The molecule has 2 aromatic carbocycles. The second-order valence-corrected chi connectivity index (χ2v) is 8.82. The van der Waals surface area contributed by atoms with Crippen LogP contribution in [0.3, 0.4) is 0 Å². The minimum Gasteiger partial charge on any atom is -0.497 e. The molecule has 0 heterocycles. The molecule has 0 aliphatic heterocycles. The van der Waals surface area contributed by atoms with Crippen LogP contribution >= 0.6 is 0 Å². The van der Waals surface area contributed by atoms with Gasteiger partial charge in [0.25, 0.3) is 0 Å². The van der Waals surface area contributed by atoms with E-state index < -0.39 is 16.1 Å². The average molecular weight is 419 g/mol. The minimum atomic E-state index is -3.66. The number of hydrogen-bond acceptors (Lipinski definition) is 4. The molecule has 158 valence electrons. The quantitative estimate of drug-likeness (QED) is 0.678. The first-order valence-electron chi connectivity index (χ1n) is 9.73. The minimum absolute atomic E-state index is 0.352. The lowest BCUT2D eigenvalue weighted by molar-refractivity contribution is -0.122. The number of sulfonamides is 1. The summed E-state index contributed by atoms with van der Waals surface area (Å²) < 4.78 is 31.1. The molecule has 0 saturated carbocycles. The molecule has 1 atom stereocenters. The van der Waals surface area contributed by atoms with Gasteiger partial charge < -0.3 is 10.1 Å². The van der Waals surface area contributed by atoms with Crippen LogP contribution in [0.4, 0.5) is 5.69 Å². The van der Waals surface area contributed by atoms with Gasteiger partial charge in [-0.15, -0.1) is 0 Å². The smallest absolute Gasteiger partial charge is 0.243 e. The Morgan fingerprint density at radius 2 is 1.72 bits per heavy atom. The van der Waals surface area contributed by atoms with Crippen molar-refractivity contribution in [1.29, 1.82) is 0 Å². The highest BCUT2D eigenvalue weighted by molar-refractivity contribution is 7.92. The molecule has 2 rings (SSSR count). The number of aryl methyl sites for hydroxylation is 2. The molecule has 7 heteroatoms. The van der Waals surface area contributed by atoms with Crippen molar-refractivity contribution in [2.24, 2.45) is 0 Å². The SMILES string of the molecule is CCc1ccc(CC)c(CNC(=O)[C@@H](C)N(c2ccc(OC)cc2)S(C)(=O)=O)c1. The van der Waals surface area contributed by atoms with E-state index in [1.165, 1.54) is 18.2 Å². The van der Waals surface area contributed by atoms with E-state index >= 15 is 0 Å².